The van der Waals surface area contributed by atoms with E-state index in [0.29, 0.717) is 25.0 Å². The number of aromatic nitrogens is 3. The van der Waals surface area contributed by atoms with Crippen LogP contribution < -0.4 is 5.32 Å². The van der Waals surface area contributed by atoms with Gasteiger partial charge in [-0.05, 0) is 49.4 Å². The SMILES string of the molecule is CCC(=O)CCCCC[C@H](NC(=O)Cc1c(CC)[nH]c2ccc(C)cc12)c1ncc(-c2ccccc2)[nH]1. The van der Waals surface area contributed by atoms with Gasteiger partial charge in [0, 0.05) is 29.4 Å². The van der Waals surface area contributed by atoms with Crippen LogP contribution in [0.4, 0.5) is 0 Å². The van der Waals surface area contributed by atoms with E-state index in [0.717, 1.165) is 71.3 Å². The molecule has 6 heteroatoms. The van der Waals surface area contributed by atoms with Gasteiger partial charge in [-0.15, -0.1) is 0 Å². The summed E-state index contributed by atoms with van der Waals surface area (Å²) in [5, 5.41) is 4.38. The number of H-pyrrole nitrogens is 2. The van der Waals surface area contributed by atoms with Gasteiger partial charge in [0.2, 0.25) is 5.91 Å². The highest BCUT2D eigenvalue weighted by Gasteiger charge is 2.21. The molecule has 2 heterocycles. The van der Waals surface area contributed by atoms with E-state index in [1.807, 2.05) is 43.5 Å². The van der Waals surface area contributed by atoms with Crippen molar-refractivity contribution in [1.82, 2.24) is 20.3 Å². The highest BCUT2D eigenvalue weighted by atomic mass is 16.1. The molecule has 0 radical (unpaired) electrons. The molecule has 4 rings (SSSR count). The quantitative estimate of drug-likeness (QED) is 0.178. The van der Waals surface area contributed by atoms with Gasteiger partial charge in [0.1, 0.15) is 11.6 Å². The van der Waals surface area contributed by atoms with Gasteiger partial charge >= 0.3 is 0 Å². The first kappa shape index (κ1) is 26.4. The summed E-state index contributed by atoms with van der Waals surface area (Å²) in [7, 11) is 0. The number of aromatic amines is 2. The van der Waals surface area contributed by atoms with Gasteiger partial charge in [-0.25, -0.2) is 4.98 Å². The highest BCUT2D eigenvalue weighted by molar-refractivity contribution is 5.90. The molecule has 4 aromatic rings. The molecule has 0 aliphatic rings. The van der Waals surface area contributed by atoms with Gasteiger partial charge in [-0.3, -0.25) is 9.59 Å². The number of ketones is 1. The summed E-state index contributed by atoms with van der Waals surface area (Å²) in [6.45, 7) is 6.10. The average Bonchev–Trinajstić information content (AvgIpc) is 3.53. The Bertz CT molecular complexity index is 1340. The summed E-state index contributed by atoms with van der Waals surface area (Å²) in [5.41, 5.74) is 6.42. The number of amides is 1. The van der Waals surface area contributed by atoms with Crippen molar-refractivity contribution < 1.29 is 9.59 Å². The van der Waals surface area contributed by atoms with E-state index in [1.165, 1.54) is 5.56 Å². The number of hydrogen-bond donors (Lipinski definition) is 3. The van der Waals surface area contributed by atoms with E-state index in [4.69, 9.17) is 0 Å². The van der Waals surface area contributed by atoms with E-state index in [2.05, 4.69) is 52.3 Å². The summed E-state index contributed by atoms with van der Waals surface area (Å²) in [4.78, 5) is 36.6. The Morgan fingerprint density at radius 1 is 1.00 bits per heavy atom. The predicted octanol–water partition coefficient (Wildman–Crippen LogP) is 6.76. The van der Waals surface area contributed by atoms with Crippen LogP contribution in [-0.2, 0) is 22.4 Å². The lowest BCUT2D eigenvalue weighted by molar-refractivity contribution is -0.121. The molecular formula is C31H38N4O2. The zero-order valence-electron chi connectivity index (χ0n) is 22.2. The van der Waals surface area contributed by atoms with E-state index in [9.17, 15) is 9.59 Å². The van der Waals surface area contributed by atoms with Crippen molar-refractivity contribution in [3.8, 4) is 11.3 Å². The minimum atomic E-state index is -0.219. The van der Waals surface area contributed by atoms with Gasteiger partial charge in [0.25, 0.3) is 0 Å². The molecule has 37 heavy (non-hydrogen) atoms. The van der Waals surface area contributed by atoms with Crippen LogP contribution >= 0.6 is 0 Å². The van der Waals surface area contributed by atoms with Crippen LogP contribution in [0.2, 0.25) is 0 Å². The van der Waals surface area contributed by atoms with E-state index in [-0.39, 0.29) is 11.9 Å². The second-order valence-corrected chi connectivity index (χ2v) is 9.82. The number of imidazole rings is 1. The molecule has 2 aromatic carbocycles. The molecule has 0 aliphatic carbocycles. The Hall–Kier alpha value is -3.67. The van der Waals surface area contributed by atoms with Crippen molar-refractivity contribution in [2.75, 3.05) is 0 Å². The summed E-state index contributed by atoms with van der Waals surface area (Å²) >= 11 is 0. The van der Waals surface area contributed by atoms with Crippen LogP contribution in [0.5, 0.6) is 0 Å². The highest BCUT2D eigenvalue weighted by Crippen LogP contribution is 2.26. The largest absolute Gasteiger partial charge is 0.358 e. The number of hydrogen-bond acceptors (Lipinski definition) is 3. The number of nitrogens with one attached hydrogen (secondary N) is 3. The van der Waals surface area contributed by atoms with Crippen molar-refractivity contribution in [2.45, 2.75) is 78.2 Å². The summed E-state index contributed by atoms with van der Waals surface area (Å²) in [5.74, 6) is 1.06. The van der Waals surface area contributed by atoms with Gasteiger partial charge in [-0.1, -0.05) is 68.7 Å². The third kappa shape index (κ3) is 6.76. The molecule has 0 saturated heterocycles. The van der Waals surface area contributed by atoms with Gasteiger partial charge in [0.15, 0.2) is 0 Å². The molecule has 2 aromatic heterocycles. The first-order valence-corrected chi connectivity index (χ1v) is 13.5. The lowest BCUT2D eigenvalue weighted by Crippen LogP contribution is -2.30. The molecular weight excluding hydrogens is 460 g/mol. The molecule has 0 saturated carbocycles. The molecule has 0 spiro atoms. The van der Waals surface area contributed by atoms with Crippen LogP contribution in [0.15, 0.2) is 54.7 Å². The topological polar surface area (TPSA) is 90.6 Å². The van der Waals surface area contributed by atoms with Crippen LogP contribution in [0.1, 0.15) is 81.1 Å². The normalized spacial score (nSPS) is 12.1. The van der Waals surface area contributed by atoms with Gasteiger partial charge in [-0.2, -0.15) is 0 Å². The number of nitrogens with zero attached hydrogens (tertiary/aromatic N) is 1. The van der Waals surface area contributed by atoms with E-state index >= 15 is 0 Å². The Kier molecular flexibility index (Phi) is 8.94. The van der Waals surface area contributed by atoms with Crippen molar-refractivity contribution in [3.63, 3.8) is 0 Å². The number of unbranched alkanes of at least 4 members (excludes halogenated alkanes) is 2. The lowest BCUT2D eigenvalue weighted by atomic mass is 10.0. The number of carbonyl (C=O) groups excluding carboxylic acids is 2. The van der Waals surface area contributed by atoms with Crippen molar-refractivity contribution >= 4 is 22.6 Å². The van der Waals surface area contributed by atoms with Gasteiger partial charge in [0.05, 0.1) is 24.4 Å². The standard InChI is InChI=1S/C31H38N4O2/c1-4-23(36)14-10-7-11-15-28(31-32-20-29(35-31)22-12-8-6-9-13-22)34-30(37)19-25-24-18-21(3)16-17-27(24)33-26(25)5-2/h6,8-9,12-13,16-18,20,28,33H,4-5,7,10-11,14-15,19H2,1-3H3,(H,32,35)(H,34,37)/t28-/m0/s1. The fourth-order valence-electron chi connectivity index (χ4n) is 4.91. The maximum Gasteiger partial charge on any atom is 0.225 e. The number of benzene rings is 2. The maximum absolute atomic E-state index is 13.4. The number of aryl methyl sites for hydroxylation is 2. The van der Waals surface area contributed by atoms with Crippen molar-refractivity contribution in [2.24, 2.45) is 0 Å². The molecule has 194 valence electrons. The minimum absolute atomic E-state index is 0.0130. The van der Waals surface area contributed by atoms with Crippen LogP contribution in [-0.4, -0.2) is 26.6 Å². The third-order valence-corrected chi connectivity index (χ3v) is 7.03. The molecule has 6 nitrogen and oxygen atoms in total. The maximum atomic E-state index is 13.4. The lowest BCUT2D eigenvalue weighted by Gasteiger charge is -2.17. The minimum Gasteiger partial charge on any atom is -0.358 e. The average molecular weight is 499 g/mol. The predicted molar refractivity (Wildman–Crippen MR) is 149 cm³/mol. The Labute approximate surface area is 219 Å². The fraction of sp³-hybridized carbons (Fsp3) is 0.387. The number of carbonyl (C=O) groups is 2. The number of fused-ring (bicyclic) bond motifs is 1. The summed E-state index contributed by atoms with van der Waals surface area (Å²) in [6.07, 6.45) is 7.74. The third-order valence-electron chi connectivity index (χ3n) is 7.03. The molecule has 0 bridgehead atoms. The van der Waals surface area contributed by atoms with Crippen LogP contribution in [0, 0.1) is 6.92 Å². The monoisotopic (exact) mass is 498 g/mol. The van der Waals surface area contributed by atoms with E-state index < -0.39 is 0 Å². The first-order chi connectivity index (χ1) is 18.0. The second kappa shape index (κ2) is 12.5. The molecule has 1 atom stereocenters. The van der Waals surface area contributed by atoms with Crippen LogP contribution in [0.25, 0.3) is 22.2 Å². The molecule has 3 N–H and O–H groups in total. The first-order valence-electron chi connectivity index (χ1n) is 13.5. The molecule has 0 fully saturated rings. The van der Waals surface area contributed by atoms with Crippen LogP contribution in [0.3, 0.4) is 0 Å². The van der Waals surface area contributed by atoms with Gasteiger partial charge < -0.3 is 15.3 Å². The summed E-state index contributed by atoms with van der Waals surface area (Å²) in [6, 6.07) is 16.2. The molecule has 0 unspecified atom stereocenters. The number of rotatable bonds is 13. The number of Topliss-reactive ketones (excluding diaryl/α,β-unsaturated/α-hetero) is 1. The zero-order chi connectivity index (χ0) is 26.2. The Balaban J connectivity index is 1.50. The zero-order valence-corrected chi connectivity index (χ0v) is 22.2. The Morgan fingerprint density at radius 3 is 2.57 bits per heavy atom. The summed E-state index contributed by atoms with van der Waals surface area (Å²) < 4.78 is 0. The van der Waals surface area contributed by atoms with Crippen molar-refractivity contribution in [1.29, 1.82) is 0 Å². The van der Waals surface area contributed by atoms with E-state index in [1.54, 1.807) is 0 Å². The molecule has 0 aliphatic heterocycles. The fourth-order valence-corrected chi connectivity index (χ4v) is 4.91. The Morgan fingerprint density at radius 2 is 1.81 bits per heavy atom. The van der Waals surface area contributed by atoms with Crippen molar-refractivity contribution in [3.05, 3.63) is 77.4 Å². The second-order valence-electron chi connectivity index (χ2n) is 9.82. The smallest absolute Gasteiger partial charge is 0.225 e. The molecule has 1 amide bonds.